The molecule has 4 nitrogen and oxygen atoms in total. The number of fused-ring (bicyclic) bond motifs is 1. The molecule has 0 aliphatic carbocycles. The molecule has 0 fully saturated rings. The fourth-order valence-corrected chi connectivity index (χ4v) is 4.07. The van der Waals surface area contributed by atoms with Crippen molar-refractivity contribution in [1.29, 1.82) is 0 Å². The van der Waals surface area contributed by atoms with Crippen molar-refractivity contribution in [3.8, 4) is 0 Å². The van der Waals surface area contributed by atoms with Gasteiger partial charge < -0.3 is 5.11 Å². The highest BCUT2D eigenvalue weighted by atomic mass is 35.5. The lowest BCUT2D eigenvalue weighted by molar-refractivity contribution is 0.283. The van der Waals surface area contributed by atoms with Crippen LogP contribution in [0.3, 0.4) is 0 Å². The molecule has 0 radical (unpaired) electrons. The quantitative estimate of drug-likeness (QED) is 0.779. The minimum absolute atomic E-state index is 0.0344. The summed E-state index contributed by atoms with van der Waals surface area (Å²) >= 11 is 11.7. The molecule has 0 aliphatic heterocycles. The molecule has 114 valence electrons. The fourth-order valence-electron chi connectivity index (χ4n) is 2.29. The highest BCUT2D eigenvalue weighted by Crippen LogP contribution is 2.29. The van der Waals surface area contributed by atoms with Gasteiger partial charge in [0, 0.05) is 17.1 Å². The van der Waals surface area contributed by atoms with Crippen LogP contribution < -0.4 is 0 Å². The standard InChI is InChI=1S/C15H11Cl2NO3S/c16-13-6-5-11(7-14(13)17)22(20,21)18-8-10(9-19)12-3-1-2-4-15(12)18/h1-8,19H,9H2. The number of aliphatic hydroxyl groups excluding tert-OH is 1. The Morgan fingerprint density at radius 1 is 1.05 bits per heavy atom. The molecule has 0 saturated heterocycles. The third-order valence-corrected chi connectivity index (χ3v) is 5.79. The minimum Gasteiger partial charge on any atom is -0.392 e. The lowest BCUT2D eigenvalue weighted by Gasteiger charge is -2.08. The molecule has 1 aromatic heterocycles. The van der Waals surface area contributed by atoms with Crippen LogP contribution in [0.2, 0.25) is 10.0 Å². The van der Waals surface area contributed by atoms with E-state index in [0.29, 0.717) is 16.5 Å². The van der Waals surface area contributed by atoms with E-state index in [4.69, 9.17) is 23.2 Å². The number of hydrogen-bond donors (Lipinski definition) is 1. The van der Waals surface area contributed by atoms with Crippen molar-refractivity contribution in [1.82, 2.24) is 3.97 Å². The first-order valence-electron chi connectivity index (χ1n) is 6.35. The van der Waals surface area contributed by atoms with E-state index in [-0.39, 0.29) is 21.5 Å². The Kier molecular flexibility index (Phi) is 3.91. The van der Waals surface area contributed by atoms with Crippen LogP contribution in [0, 0.1) is 0 Å². The van der Waals surface area contributed by atoms with E-state index >= 15 is 0 Å². The van der Waals surface area contributed by atoms with Gasteiger partial charge in [-0.25, -0.2) is 12.4 Å². The van der Waals surface area contributed by atoms with Crippen LogP contribution >= 0.6 is 23.2 Å². The molecular formula is C15H11Cl2NO3S. The van der Waals surface area contributed by atoms with Crippen molar-refractivity contribution in [3.63, 3.8) is 0 Å². The Hall–Kier alpha value is -1.53. The monoisotopic (exact) mass is 355 g/mol. The summed E-state index contributed by atoms with van der Waals surface area (Å²) in [6.07, 6.45) is 1.42. The predicted molar refractivity (Wildman–Crippen MR) is 86.9 cm³/mol. The van der Waals surface area contributed by atoms with Crippen LogP contribution in [0.15, 0.2) is 53.6 Å². The van der Waals surface area contributed by atoms with Gasteiger partial charge in [-0.2, -0.15) is 0 Å². The molecular weight excluding hydrogens is 345 g/mol. The van der Waals surface area contributed by atoms with Crippen molar-refractivity contribution in [3.05, 3.63) is 64.3 Å². The molecule has 0 amide bonds. The number of halogens is 2. The average molecular weight is 356 g/mol. The Labute approximate surface area is 137 Å². The second kappa shape index (κ2) is 5.59. The number of aliphatic hydroxyl groups is 1. The molecule has 3 aromatic rings. The van der Waals surface area contributed by atoms with E-state index in [9.17, 15) is 13.5 Å². The Bertz CT molecular complexity index is 964. The molecule has 1 heterocycles. The van der Waals surface area contributed by atoms with Gasteiger partial charge in [0.25, 0.3) is 10.0 Å². The normalized spacial score (nSPS) is 12.0. The summed E-state index contributed by atoms with van der Waals surface area (Å²) in [5.74, 6) is 0. The van der Waals surface area contributed by atoms with Crippen molar-refractivity contribution in [2.45, 2.75) is 11.5 Å². The maximum atomic E-state index is 12.8. The zero-order valence-electron chi connectivity index (χ0n) is 11.2. The fraction of sp³-hybridized carbons (Fsp3) is 0.0667. The second-order valence-corrected chi connectivity index (χ2v) is 7.34. The third kappa shape index (κ3) is 2.40. The number of hydrogen-bond acceptors (Lipinski definition) is 3. The molecule has 0 saturated carbocycles. The van der Waals surface area contributed by atoms with Gasteiger partial charge in [0.05, 0.1) is 27.1 Å². The van der Waals surface area contributed by atoms with Gasteiger partial charge in [-0.15, -0.1) is 0 Å². The topological polar surface area (TPSA) is 59.3 Å². The van der Waals surface area contributed by atoms with E-state index in [1.165, 1.54) is 24.4 Å². The van der Waals surface area contributed by atoms with Crippen LogP contribution in [0.4, 0.5) is 0 Å². The minimum atomic E-state index is -3.83. The van der Waals surface area contributed by atoms with E-state index in [0.717, 1.165) is 3.97 Å². The van der Waals surface area contributed by atoms with E-state index in [2.05, 4.69) is 0 Å². The first kappa shape index (κ1) is 15.4. The van der Waals surface area contributed by atoms with Crippen LogP contribution in [0.5, 0.6) is 0 Å². The van der Waals surface area contributed by atoms with Gasteiger partial charge >= 0.3 is 0 Å². The van der Waals surface area contributed by atoms with E-state index in [1.807, 2.05) is 0 Å². The molecule has 0 bridgehead atoms. The number of nitrogens with zero attached hydrogens (tertiary/aromatic N) is 1. The largest absolute Gasteiger partial charge is 0.392 e. The molecule has 0 unspecified atom stereocenters. The van der Waals surface area contributed by atoms with Crippen molar-refractivity contribution in [2.75, 3.05) is 0 Å². The zero-order valence-corrected chi connectivity index (χ0v) is 13.5. The summed E-state index contributed by atoms with van der Waals surface area (Å²) in [4.78, 5) is 0.0344. The molecule has 22 heavy (non-hydrogen) atoms. The number of aromatic nitrogens is 1. The number of para-hydroxylation sites is 1. The van der Waals surface area contributed by atoms with Gasteiger partial charge in [-0.3, -0.25) is 0 Å². The summed E-state index contributed by atoms with van der Waals surface area (Å²) in [5.41, 5.74) is 1.04. The maximum Gasteiger partial charge on any atom is 0.268 e. The lowest BCUT2D eigenvalue weighted by atomic mass is 10.2. The highest BCUT2D eigenvalue weighted by Gasteiger charge is 2.21. The van der Waals surface area contributed by atoms with Crippen molar-refractivity contribution >= 4 is 44.1 Å². The Morgan fingerprint density at radius 2 is 1.77 bits per heavy atom. The Morgan fingerprint density at radius 3 is 2.45 bits per heavy atom. The van der Waals surface area contributed by atoms with Crippen molar-refractivity contribution in [2.24, 2.45) is 0 Å². The first-order valence-corrected chi connectivity index (χ1v) is 8.55. The van der Waals surface area contributed by atoms with Gasteiger partial charge in [0.15, 0.2) is 0 Å². The van der Waals surface area contributed by atoms with Gasteiger partial charge in [-0.1, -0.05) is 41.4 Å². The van der Waals surface area contributed by atoms with E-state index < -0.39 is 10.0 Å². The van der Waals surface area contributed by atoms with Gasteiger partial charge in [0.1, 0.15) is 0 Å². The summed E-state index contributed by atoms with van der Waals surface area (Å²) < 4.78 is 26.8. The summed E-state index contributed by atoms with van der Waals surface area (Å²) in [7, 11) is -3.83. The van der Waals surface area contributed by atoms with E-state index in [1.54, 1.807) is 24.3 Å². The maximum absolute atomic E-state index is 12.8. The van der Waals surface area contributed by atoms with Crippen LogP contribution in [0.25, 0.3) is 10.9 Å². The molecule has 0 aliphatic rings. The highest BCUT2D eigenvalue weighted by molar-refractivity contribution is 7.90. The van der Waals surface area contributed by atoms with Crippen molar-refractivity contribution < 1.29 is 13.5 Å². The molecule has 0 spiro atoms. The number of benzene rings is 2. The molecule has 0 atom stereocenters. The molecule has 7 heteroatoms. The summed E-state index contributed by atoms with van der Waals surface area (Å²) in [6, 6.07) is 11.1. The average Bonchev–Trinajstić information content (AvgIpc) is 2.89. The zero-order chi connectivity index (χ0) is 15.9. The smallest absolute Gasteiger partial charge is 0.268 e. The van der Waals surface area contributed by atoms with Crippen LogP contribution in [0.1, 0.15) is 5.56 Å². The molecule has 2 aromatic carbocycles. The van der Waals surface area contributed by atoms with Gasteiger partial charge in [0.2, 0.25) is 0 Å². The Balaban J connectivity index is 2.27. The van der Waals surface area contributed by atoms with Crippen LogP contribution in [-0.4, -0.2) is 17.5 Å². The predicted octanol–water partition coefficient (Wildman–Crippen LogP) is 3.68. The lowest BCUT2D eigenvalue weighted by Crippen LogP contribution is -2.11. The van der Waals surface area contributed by atoms with Crippen LogP contribution in [-0.2, 0) is 16.6 Å². The molecule has 3 rings (SSSR count). The van der Waals surface area contributed by atoms with Gasteiger partial charge in [-0.05, 0) is 24.3 Å². The summed E-state index contributed by atoms with van der Waals surface area (Å²) in [6.45, 7) is -0.246. The SMILES string of the molecule is O=S(=O)(c1ccc(Cl)c(Cl)c1)n1cc(CO)c2ccccc21. The third-order valence-electron chi connectivity index (χ3n) is 3.38. The summed E-state index contributed by atoms with van der Waals surface area (Å²) in [5, 5.41) is 10.6. The second-order valence-electron chi connectivity index (χ2n) is 4.71. The number of rotatable bonds is 3. The first-order chi connectivity index (χ1) is 10.4. The molecule has 1 N–H and O–H groups in total.